The van der Waals surface area contributed by atoms with E-state index in [0.29, 0.717) is 13.2 Å². The van der Waals surface area contributed by atoms with Crippen LogP contribution in [0.5, 0.6) is 5.75 Å². The van der Waals surface area contributed by atoms with Crippen LogP contribution in [0.2, 0.25) is 0 Å². The molecule has 0 aliphatic carbocycles. The molecule has 108 valence electrons. The minimum atomic E-state index is 0.612. The molecule has 0 radical (unpaired) electrons. The second-order valence-corrected chi connectivity index (χ2v) is 4.81. The lowest BCUT2D eigenvalue weighted by Crippen LogP contribution is -2.27. The van der Waals surface area contributed by atoms with Crippen molar-refractivity contribution in [3.63, 3.8) is 0 Å². The largest absolute Gasteiger partial charge is 0.491 e. The second kappa shape index (κ2) is 8.94. The molecule has 0 atom stereocenters. The number of aryl methyl sites for hydroxylation is 2. The Balaban J connectivity index is 2.14. The number of benzene rings is 1. The van der Waals surface area contributed by atoms with Gasteiger partial charge < -0.3 is 14.4 Å². The highest BCUT2D eigenvalue weighted by atomic mass is 16.5. The predicted octanol–water partition coefficient (Wildman–Crippen LogP) is 3.04. The smallest absolute Gasteiger partial charge is 0.119 e. The van der Waals surface area contributed by atoms with Gasteiger partial charge in [0, 0.05) is 6.54 Å². The molecule has 0 amide bonds. The van der Waals surface area contributed by atoms with Crippen LogP contribution < -0.4 is 4.74 Å². The standard InChI is InChI=1S/C16H27NO2/c1-5-17(6-2)7-8-18-9-10-19-16-12-14(3)11-15(4)13-16/h11-13H,5-10H2,1-4H3. The van der Waals surface area contributed by atoms with Crippen molar-refractivity contribution in [3.05, 3.63) is 29.3 Å². The van der Waals surface area contributed by atoms with Crippen LogP contribution in [0, 0.1) is 13.8 Å². The van der Waals surface area contributed by atoms with Gasteiger partial charge in [0.15, 0.2) is 0 Å². The lowest BCUT2D eigenvalue weighted by molar-refractivity contribution is 0.0819. The molecule has 1 aromatic carbocycles. The molecule has 19 heavy (non-hydrogen) atoms. The Morgan fingerprint density at radius 2 is 1.53 bits per heavy atom. The highest BCUT2D eigenvalue weighted by Gasteiger charge is 1.99. The predicted molar refractivity (Wildman–Crippen MR) is 80.0 cm³/mol. The summed E-state index contributed by atoms with van der Waals surface area (Å²) >= 11 is 0. The van der Waals surface area contributed by atoms with Gasteiger partial charge in [-0.25, -0.2) is 0 Å². The average Bonchev–Trinajstić information content (AvgIpc) is 2.37. The molecule has 1 rings (SSSR count). The van der Waals surface area contributed by atoms with E-state index < -0.39 is 0 Å². The fraction of sp³-hybridized carbons (Fsp3) is 0.625. The maximum absolute atomic E-state index is 5.69. The number of nitrogens with zero attached hydrogens (tertiary/aromatic N) is 1. The average molecular weight is 265 g/mol. The Bertz CT molecular complexity index is 342. The highest BCUT2D eigenvalue weighted by Crippen LogP contribution is 2.15. The van der Waals surface area contributed by atoms with Gasteiger partial charge in [0.05, 0.1) is 13.2 Å². The van der Waals surface area contributed by atoms with E-state index in [1.165, 1.54) is 11.1 Å². The SMILES string of the molecule is CCN(CC)CCOCCOc1cc(C)cc(C)c1. The van der Waals surface area contributed by atoms with Crippen molar-refractivity contribution in [2.45, 2.75) is 27.7 Å². The van der Waals surface area contributed by atoms with Crippen LogP contribution in [0.4, 0.5) is 0 Å². The van der Waals surface area contributed by atoms with E-state index in [1.807, 2.05) is 0 Å². The molecule has 3 heteroatoms. The molecular weight excluding hydrogens is 238 g/mol. The Morgan fingerprint density at radius 1 is 0.895 bits per heavy atom. The van der Waals surface area contributed by atoms with Crippen LogP contribution in [-0.2, 0) is 4.74 Å². The van der Waals surface area contributed by atoms with Gasteiger partial charge in [0.25, 0.3) is 0 Å². The topological polar surface area (TPSA) is 21.7 Å². The number of ether oxygens (including phenoxy) is 2. The summed E-state index contributed by atoms with van der Waals surface area (Å²) in [4.78, 5) is 2.35. The maximum atomic E-state index is 5.69. The fourth-order valence-electron chi connectivity index (χ4n) is 2.07. The lowest BCUT2D eigenvalue weighted by Gasteiger charge is -2.17. The van der Waals surface area contributed by atoms with Gasteiger partial charge >= 0.3 is 0 Å². The van der Waals surface area contributed by atoms with Crippen LogP contribution in [0.1, 0.15) is 25.0 Å². The van der Waals surface area contributed by atoms with Crippen LogP contribution in [0.25, 0.3) is 0 Å². The Labute approximate surface area is 117 Å². The van der Waals surface area contributed by atoms with Crippen LogP contribution in [-0.4, -0.2) is 44.4 Å². The third-order valence-corrected chi connectivity index (χ3v) is 3.14. The van der Waals surface area contributed by atoms with Crippen LogP contribution in [0.3, 0.4) is 0 Å². The molecule has 0 heterocycles. The van der Waals surface area contributed by atoms with Gasteiger partial charge in [-0.15, -0.1) is 0 Å². The molecule has 0 spiro atoms. The summed E-state index contributed by atoms with van der Waals surface area (Å²) in [5, 5.41) is 0. The van der Waals surface area contributed by atoms with E-state index in [-0.39, 0.29) is 0 Å². The van der Waals surface area contributed by atoms with E-state index in [9.17, 15) is 0 Å². The van der Waals surface area contributed by atoms with Crippen molar-refractivity contribution >= 4 is 0 Å². The van der Waals surface area contributed by atoms with E-state index in [2.05, 4.69) is 50.8 Å². The molecule has 0 fully saturated rings. The fourth-order valence-corrected chi connectivity index (χ4v) is 2.07. The van der Waals surface area contributed by atoms with Crippen molar-refractivity contribution in [1.82, 2.24) is 4.90 Å². The van der Waals surface area contributed by atoms with Gasteiger partial charge in [0.2, 0.25) is 0 Å². The zero-order valence-electron chi connectivity index (χ0n) is 12.7. The molecule has 0 N–H and O–H groups in total. The highest BCUT2D eigenvalue weighted by molar-refractivity contribution is 5.32. The van der Waals surface area contributed by atoms with Crippen molar-refractivity contribution in [3.8, 4) is 5.75 Å². The molecule has 3 nitrogen and oxygen atoms in total. The first-order chi connectivity index (χ1) is 9.15. The van der Waals surface area contributed by atoms with Crippen LogP contribution >= 0.6 is 0 Å². The van der Waals surface area contributed by atoms with E-state index in [0.717, 1.165) is 32.0 Å². The summed E-state index contributed by atoms with van der Waals surface area (Å²) in [5.74, 6) is 0.935. The number of likely N-dealkylation sites (N-methyl/N-ethyl adjacent to an activating group) is 1. The van der Waals surface area contributed by atoms with Gasteiger partial charge in [-0.05, 0) is 50.2 Å². The number of rotatable bonds is 9. The van der Waals surface area contributed by atoms with Crippen LogP contribution in [0.15, 0.2) is 18.2 Å². The molecule has 1 aromatic rings. The van der Waals surface area contributed by atoms with Crippen molar-refractivity contribution in [1.29, 1.82) is 0 Å². The Hall–Kier alpha value is -1.06. The zero-order valence-corrected chi connectivity index (χ0v) is 12.7. The molecule has 0 aromatic heterocycles. The maximum Gasteiger partial charge on any atom is 0.119 e. The summed E-state index contributed by atoms with van der Waals surface area (Å²) in [6, 6.07) is 6.26. The zero-order chi connectivity index (χ0) is 14.1. The summed E-state index contributed by atoms with van der Waals surface area (Å²) in [6.45, 7) is 13.7. The van der Waals surface area contributed by atoms with Gasteiger partial charge in [-0.2, -0.15) is 0 Å². The quantitative estimate of drug-likeness (QED) is 0.641. The summed E-state index contributed by atoms with van der Waals surface area (Å²) in [5.41, 5.74) is 2.47. The first-order valence-corrected chi connectivity index (χ1v) is 7.17. The minimum Gasteiger partial charge on any atom is -0.491 e. The molecular formula is C16H27NO2. The van der Waals surface area contributed by atoms with Crippen molar-refractivity contribution < 1.29 is 9.47 Å². The normalized spacial score (nSPS) is 11.0. The first-order valence-electron chi connectivity index (χ1n) is 7.17. The monoisotopic (exact) mass is 265 g/mol. The first kappa shape index (κ1) is 16.0. The van der Waals surface area contributed by atoms with Crippen molar-refractivity contribution in [2.24, 2.45) is 0 Å². The third kappa shape index (κ3) is 6.60. The third-order valence-electron chi connectivity index (χ3n) is 3.14. The summed E-state index contributed by atoms with van der Waals surface area (Å²) in [7, 11) is 0. The lowest BCUT2D eigenvalue weighted by atomic mass is 10.1. The molecule has 0 bridgehead atoms. The Morgan fingerprint density at radius 3 is 2.11 bits per heavy atom. The molecule has 0 saturated heterocycles. The molecule has 0 aliphatic rings. The van der Waals surface area contributed by atoms with Crippen molar-refractivity contribution in [2.75, 3.05) is 39.5 Å². The Kier molecular flexibility index (Phi) is 7.53. The number of hydrogen-bond acceptors (Lipinski definition) is 3. The molecule has 0 saturated carbocycles. The van der Waals surface area contributed by atoms with Gasteiger partial charge in [-0.3, -0.25) is 0 Å². The summed E-state index contributed by atoms with van der Waals surface area (Å²) < 4.78 is 11.3. The second-order valence-electron chi connectivity index (χ2n) is 4.81. The van der Waals surface area contributed by atoms with E-state index in [4.69, 9.17) is 9.47 Å². The van der Waals surface area contributed by atoms with Gasteiger partial charge in [-0.1, -0.05) is 19.9 Å². The minimum absolute atomic E-state index is 0.612. The van der Waals surface area contributed by atoms with E-state index in [1.54, 1.807) is 0 Å². The van der Waals surface area contributed by atoms with Gasteiger partial charge in [0.1, 0.15) is 12.4 Å². The molecule has 0 aliphatic heterocycles. The van der Waals surface area contributed by atoms with E-state index >= 15 is 0 Å². The number of hydrogen-bond donors (Lipinski definition) is 0. The molecule has 0 unspecified atom stereocenters. The summed E-state index contributed by atoms with van der Waals surface area (Å²) in [6.07, 6.45) is 0.